The summed E-state index contributed by atoms with van der Waals surface area (Å²) in [4.78, 5) is 0. The van der Waals surface area contributed by atoms with Gasteiger partial charge in [0.05, 0.1) is 11.1 Å². The number of aromatic hydroxyl groups is 1. The van der Waals surface area contributed by atoms with Gasteiger partial charge < -0.3 is 5.11 Å². The highest BCUT2D eigenvalue weighted by atomic mass is 19.4. The fourth-order valence-electron chi connectivity index (χ4n) is 4.38. The van der Waals surface area contributed by atoms with E-state index in [0.29, 0.717) is 34.0 Å². The summed E-state index contributed by atoms with van der Waals surface area (Å²) >= 11 is 0. The average molecular weight is 482 g/mol. The maximum atomic E-state index is 13.5. The highest BCUT2D eigenvalue weighted by molar-refractivity contribution is 6.10. The molecule has 0 amide bonds. The lowest BCUT2D eigenvalue weighted by Crippen LogP contribution is -2.11. The zero-order valence-electron chi connectivity index (χ0n) is 17.9. The summed E-state index contributed by atoms with van der Waals surface area (Å²) in [6, 6.07) is 22.5. The van der Waals surface area contributed by atoms with Gasteiger partial charge in [0.1, 0.15) is 5.75 Å². The SMILES string of the molecule is Oc1c(-c2cc(C(F)(F)F)cc(C(F)(F)F)c2)cc2ccccc2c1-c1cccc2ccccc12. The number of halogens is 6. The van der Waals surface area contributed by atoms with Crippen LogP contribution in [-0.2, 0) is 12.4 Å². The number of rotatable bonds is 2. The van der Waals surface area contributed by atoms with Gasteiger partial charge in [-0.3, -0.25) is 0 Å². The van der Waals surface area contributed by atoms with Gasteiger partial charge in [-0.1, -0.05) is 66.7 Å². The molecule has 0 saturated heterocycles. The van der Waals surface area contributed by atoms with Gasteiger partial charge in [0, 0.05) is 11.1 Å². The minimum absolute atomic E-state index is 0.0766. The van der Waals surface area contributed by atoms with Crippen LogP contribution in [0.3, 0.4) is 0 Å². The maximum absolute atomic E-state index is 13.5. The summed E-state index contributed by atoms with van der Waals surface area (Å²) in [5.41, 5.74) is -2.44. The van der Waals surface area contributed by atoms with Crippen LogP contribution in [0.2, 0.25) is 0 Å². The monoisotopic (exact) mass is 482 g/mol. The van der Waals surface area contributed by atoms with E-state index in [9.17, 15) is 31.4 Å². The van der Waals surface area contributed by atoms with Crippen LogP contribution in [0.5, 0.6) is 5.75 Å². The molecule has 0 saturated carbocycles. The average Bonchev–Trinajstić information content (AvgIpc) is 2.82. The predicted octanol–water partition coefficient (Wildman–Crippen LogP) is 9.07. The lowest BCUT2D eigenvalue weighted by atomic mass is 9.88. The molecule has 0 bridgehead atoms. The van der Waals surface area contributed by atoms with Crippen molar-refractivity contribution in [2.24, 2.45) is 0 Å². The third-order valence-electron chi connectivity index (χ3n) is 5.98. The Labute approximate surface area is 195 Å². The number of phenolic OH excluding ortho intramolecular Hbond substituents is 1. The molecule has 5 rings (SSSR count). The van der Waals surface area contributed by atoms with Crippen molar-refractivity contribution in [3.8, 4) is 28.0 Å². The molecule has 5 aromatic carbocycles. The van der Waals surface area contributed by atoms with Crippen LogP contribution < -0.4 is 0 Å². The van der Waals surface area contributed by atoms with E-state index in [0.717, 1.165) is 10.8 Å². The number of benzene rings is 5. The summed E-state index contributed by atoms with van der Waals surface area (Å²) in [5.74, 6) is -0.396. The molecule has 5 aromatic rings. The molecule has 1 nitrogen and oxygen atoms in total. The molecule has 176 valence electrons. The Balaban J connectivity index is 1.88. The van der Waals surface area contributed by atoms with Crippen LogP contribution >= 0.6 is 0 Å². The summed E-state index contributed by atoms with van der Waals surface area (Å²) in [7, 11) is 0. The fourth-order valence-corrected chi connectivity index (χ4v) is 4.38. The van der Waals surface area contributed by atoms with Crippen molar-refractivity contribution in [1.29, 1.82) is 0 Å². The minimum Gasteiger partial charge on any atom is -0.507 e. The van der Waals surface area contributed by atoms with Crippen LogP contribution in [0.1, 0.15) is 11.1 Å². The van der Waals surface area contributed by atoms with Crippen molar-refractivity contribution in [2.45, 2.75) is 12.4 Å². The van der Waals surface area contributed by atoms with Crippen LogP contribution in [-0.4, -0.2) is 5.11 Å². The van der Waals surface area contributed by atoms with E-state index in [1.807, 2.05) is 30.3 Å². The summed E-state index contributed by atoms with van der Waals surface area (Å²) in [6.45, 7) is 0. The van der Waals surface area contributed by atoms with Gasteiger partial charge in [0.15, 0.2) is 0 Å². The van der Waals surface area contributed by atoms with Gasteiger partial charge in [-0.2, -0.15) is 26.3 Å². The molecule has 7 heteroatoms. The molecule has 0 fully saturated rings. The summed E-state index contributed by atoms with van der Waals surface area (Å²) in [5, 5.41) is 14.2. The number of hydrogen-bond donors (Lipinski definition) is 1. The standard InChI is InChI=1S/C28H16F6O/c29-27(30,31)19-12-18(13-20(15-19)28(32,33)34)24-14-17-7-2-4-10-22(17)25(26(24)35)23-11-5-8-16-6-1-3-9-21(16)23/h1-15,35H. The Morgan fingerprint density at radius 2 is 1.06 bits per heavy atom. The Bertz CT molecular complexity index is 1540. The minimum atomic E-state index is -5.00. The Hall–Kier alpha value is -4.00. The molecule has 0 atom stereocenters. The summed E-state index contributed by atoms with van der Waals surface area (Å²) < 4.78 is 81.0. The quantitative estimate of drug-likeness (QED) is 0.249. The second kappa shape index (κ2) is 8.05. The van der Waals surface area contributed by atoms with Crippen molar-refractivity contribution in [1.82, 2.24) is 0 Å². The zero-order chi connectivity index (χ0) is 25.0. The molecular formula is C28H16F6O. The van der Waals surface area contributed by atoms with Crippen molar-refractivity contribution in [3.63, 3.8) is 0 Å². The lowest BCUT2D eigenvalue weighted by molar-refractivity contribution is -0.143. The van der Waals surface area contributed by atoms with Gasteiger partial charge in [0.25, 0.3) is 0 Å². The normalized spacial score (nSPS) is 12.4. The second-order valence-electron chi connectivity index (χ2n) is 8.19. The molecule has 35 heavy (non-hydrogen) atoms. The van der Waals surface area contributed by atoms with E-state index in [1.54, 1.807) is 36.4 Å². The molecule has 1 N–H and O–H groups in total. The lowest BCUT2D eigenvalue weighted by Gasteiger charge is -2.18. The first-order valence-electron chi connectivity index (χ1n) is 10.6. The molecule has 0 spiro atoms. The third kappa shape index (κ3) is 4.07. The zero-order valence-corrected chi connectivity index (χ0v) is 17.9. The molecule has 0 aliphatic heterocycles. The van der Waals surface area contributed by atoms with Crippen LogP contribution in [0.25, 0.3) is 43.8 Å². The number of phenols is 1. The second-order valence-corrected chi connectivity index (χ2v) is 8.19. The van der Waals surface area contributed by atoms with E-state index in [1.165, 1.54) is 6.07 Å². The molecule has 0 unspecified atom stereocenters. The van der Waals surface area contributed by atoms with E-state index in [4.69, 9.17) is 0 Å². The van der Waals surface area contributed by atoms with Gasteiger partial charge in [-0.25, -0.2) is 0 Å². The first-order chi connectivity index (χ1) is 16.5. The number of alkyl halides is 6. The highest BCUT2D eigenvalue weighted by Crippen LogP contribution is 2.47. The predicted molar refractivity (Wildman–Crippen MR) is 124 cm³/mol. The van der Waals surface area contributed by atoms with Crippen molar-refractivity contribution < 1.29 is 31.4 Å². The van der Waals surface area contributed by atoms with Gasteiger partial charge in [-0.05, 0) is 56.9 Å². The van der Waals surface area contributed by atoms with E-state index in [-0.39, 0.29) is 17.2 Å². The first-order valence-corrected chi connectivity index (χ1v) is 10.6. The smallest absolute Gasteiger partial charge is 0.416 e. The van der Waals surface area contributed by atoms with Gasteiger partial charge in [-0.15, -0.1) is 0 Å². The van der Waals surface area contributed by atoms with E-state index in [2.05, 4.69) is 0 Å². The van der Waals surface area contributed by atoms with E-state index >= 15 is 0 Å². The largest absolute Gasteiger partial charge is 0.507 e. The third-order valence-corrected chi connectivity index (χ3v) is 5.98. The molecule has 0 aliphatic carbocycles. The molecule has 0 heterocycles. The highest BCUT2D eigenvalue weighted by Gasteiger charge is 2.37. The van der Waals surface area contributed by atoms with Crippen molar-refractivity contribution >= 4 is 21.5 Å². The Kier molecular flexibility index (Phi) is 5.24. The van der Waals surface area contributed by atoms with Gasteiger partial charge >= 0.3 is 12.4 Å². The van der Waals surface area contributed by atoms with Crippen molar-refractivity contribution in [2.75, 3.05) is 0 Å². The number of fused-ring (bicyclic) bond motifs is 2. The van der Waals surface area contributed by atoms with Gasteiger partial charge in [0.2, 0.25) is 0 Å². The van der Waals surface area contributed by atoms with Crippen molar-refractivity contribution in [3.05, 3.63) is 102 Å². The maximum Gasteiger partial charge on any atom is 0.416 e. The topological polar surface area (TPSA) is 20.2 Å². The van der Waals surface area contributed by atoms with E-state index < -0.39 is 29.2 Å². The van der Waals surface area contributed by atoms with Crippen LogP contribution in [0.15, 0.2) is 91.0 Å². The number of hydrogen-bond acceptors (Lipinski definition) is 1. The first kappa shape index (κ1) is 22.8. The Morgan fingerprint density at radius 1 is 0.514 bits per heavy atom. The van der Waals surface area contributed by atoms with Crippen LogP contribution in [0.4, 0.5) is 26.3 Å². The molecular weight excluding hydrogens is 466 g/mol. The molecule has 0 aromatic heterocycles. The summed E-state index contributed by atoms with van der Waals surface area (Å²) in [6.07, 6.45) is -10.00. The fraction of sp³-hybridized carbons (Fsp3) is 0.0714. The van der Waals surface area contributed by atoms with Crippen LogP contribution in [0, 0.1) is 0 Å². The molecule has 0 aliphatic rings. The Morgan fingerprint density at radius 3 is 1.69 bits per heavy atom. The molecule has 0 radical (unpaired) electrons.